The van der Waals surface area contributed by atoms with Gasteiger partial charge in [-0.3, -0.25) is 9.69 Å². The molecule has 0 saturated heterocycles. The van der Waals surface area contributed by atoms with E-state index in [-0.39, 0.29) is 22.6 Å². The van der Waals surface area contributed by atoms with E-state index in [0.717, 1.165) is 10.0 Å². The second kappa shape index (κ2) is 11.3. The number of hydrogen-bond acceptors (Lipinski definition) is 11. The number of aromatic nitrogens is 2. The van der Waals surface area contributed by atoms with Crippen LogP contribution >= 0.6 is 23.1 Å². The molecule has 1 unspecified atom stereocenters. The normalized spacial score (nSPS) is 21.2. The summed E-state index contributed by atoms with van der Waals surface area (Å²) < 4.78 is 17.6. The third kappa shape index (κ3) is 5.15. The molecule has 1 fully saturated rings. The number of Topliss-reactive ketones (excluding diaryl/α,β-unsaturated/α-hetero) is 1. The van der Waals surface area contributed by atoms with Gasteiger partial charge in [0.2, 0.25) is 10.9 Å². The van der Waals surface area contributed by atoms with Crippen molar-refractivity contribution in [3.63, 3.8) is 0 Å². The van der Waals surface area contributed by atoms with Gasteiger partial charge in [-0.15, -0.1) is 10.2 Å². The summed E-state index contributed by atoms with van der Waals surface area (Å²) in [4.78, 5) is 15.7. The van der Waals surface area contributed by atoms with Crippen molar-refractivity contribution in [3.8, 4) is 23.3 Å². The fraction of sp³-hybridized carbons (Fsp3) is 0.517. The topological polar surface area (TPSA) is 124 Å². The lowest BCUT2D eigenvalue weighted by molar-refractivity contribution is -0.118. The van der Waals surface area contributed by atoms with Crippen molar-refractivity contribution in [2.45, 2.75) is 74.3 Å². The van der Waals surface area contributed by atoms with Crippen LogP contribution in [0, 0.1) is 16.7 Å². The summed E-state index contributed by atoms with van der Waals surface area (Å²) in [6, 6.07) is 5.89. The smallest absolute Gasteiger partial charge is 0.219 e. The highest BCUT2D eigenvalue weighted by molar-refractivity contribution is 8.01. The van der Waals surface area contributed by atoms with Gasteiger partial charge in [-0.2, -0.15) is 5.26 Å². The molecular formula is C29H35N5O4S2. The van der Waals surface area contributed by atoms with Crippen molar-refractivity contribution in [3.05, 3.63) is 40.4 Å². The summed E-state index contributed by atoms with van der Waals surface area (Å²) in [5.41, 5.74) is 8.78. The Morgan fingerprint density at radius 2 is 1.75 bits per heavy atom. The predicted molar refractivity (Wildman–Crippen MR) is 156 cm³/mol. The second-order valence-electron chi connectivity index (χ2n) is 11.2. The zero-order valence-corrected chi connectivity index (χ0v) is 25.2. The van der Waals surface area contributed by atoms with Crippen LogP contribution in [-0.4, -0.2) is 42.6 Å². The average Bonchev–Trinajstić information content (AvgIpc) is 3.39. The molecule has 9 nitrogen and oxygen atoms in total. The van der Waals surface area contributed by atoms with Gasteiger partial charge in [-0.1, -0.05) is 56.2 Å². The summed E-state index contributed by atoms with van der Waals surface area (Å²) in [6.07, 6.45) is 7.09. The average molecular weight is 582 g/mol. The first-order valence-electron chi connectivity index (χ1n) is 13.5. The monoisotopic (exact) mass is 581 g/mol. The molecule has 0 radical (unpaired) electrons. The van der Waals surface area contributed by atoms with Crippen LogP contribution in [0.15, 0.2) is 39.1 Å². The van der Waals surface area contributed by atoms with Crippen molar-refractivity contribution in [2.75, 3.05) is 26.2 Å². The van der Waals surface area contributed by atoms with E-state index in [1.807, 2.05) is 0 Å². The fourth-order valence-electron chi connectivity index (χ4n) is 5.99. The standard InChI is InChI=1S/C29H35N5O4S2/c1-29(2)13-19-24(20(35)14-29)23(16-11-21(36-3)25(38-5)22(12-16)37-4)18(15-30)26(31)34(19)27-32-33-28(40-27)39-17-9-7-6-8-10-17/h11-12,17,23H,6-10,13-14,31H2,1-5H3. The Hall–Kier alpha value is -3.23. The molecule has 1 aromatic carbocycles. The lowest BCUT2D eigenvalue weighted by atomic mass is 9.68. The Kier molecular flexibility index (Phi) is 8.02. The number of carbonyl (C=O) groups is 1. The third-order valence-electron chi connectivity index (χ3n) is 7.81. The van der Waals surface area contributed by atoms with E-state index in [1.54, 1.807) is 28.8 Å². The van der Waals surface area contributed by atoms with E-state index >= 15 is 0 Å². The van der Waals surface area contributed by atoms with E-state index in [9.17, 15) is 10.1 Å². The third-order valence-corrected chi connectivity index (χ3v) is 10.1. The lowest BCUT2D eigenvalue weighted by Crippen LogP contribution is -2.42. The molecule has 2 heterocycles. The van der Waals surface area contributed by atoms with E-state index in [2.05, 4.69) is 30.1 Å². The van der Waals surface area contributed by atoms with Gasteiger partial charge in [0.1, 0.15) is 5.82 Å². The molecule has 212 valence electrons. The van der Waals surface area contributed by atoms with Gasteiger partial charge in [0, 0.05) is 22.9 Å². The zero-order valence-electron chi connectivity index (χ0n) is 23.6. The molecule has 2 aromatic rings. The van der Waals surface area contributed by atoms with Crippen molar-refractivity contribution in [1.82, 2.24) is 10.2 Å². The minimum absolute atomic E-state index is 0.0171. The first-order chi connectivity index (χ1) is 19.2. The maximum Gasteiger partial charge on any atom is 0.219 e. The second-order valence-corrected chi connectivity index (χ2v) is 13.7. The molecule has 2 aliphatic carbocycles. The number of ketones is 1. The summed E-state index contributed by atoms with van der Waals surface area (Å²) in [5.74, 6) is 0.873. The van der Waals surface area contributed by atoms with Gasteiger partial charge in [0.15, 0.2) is 21.6 Å². The molecule has 5 rings (SSSR count). The molecule has 0 bridgehead atoms. The number of allylic oxidation sites excluding steroid dienone is 3. The number of ether oxygens (including phenoxy) is 3. The molecule has 11 heteroatoms. The van der Waals surface area contributed by atoms with E-state index in [4.69, 9.17) is 19.9 Å². The summed E-state index contributed by atoms with van der Waals surface area (Å²) in [7, 11) is 4.61. The van der Waals surface area contributed by atoms with Crippen molar-refractivity contribution >= 4 is 34.0 Å². The number of anilines is 1. The number of nitriles is 1. The highest BCUT2D eigenvalue weighted by Gasteiger charge is 2.46. The van der Waals surface area contributed by atoms with Crippen molar-refractivity contribution in [2.24, 2.45) is 11.1 Å². The van der Waals surface area contributed by atoms with Crippen LogP contribution in [-0.2, 0) is 4.79 Å². The van der Waals surface area contributed by atoms with Gasteiger partial charge in [-0.25, -0.2) is 0 Å². The van der Waals surface area contributed by atoms with Crippen LogP contribution in [0.1, 0.15) is 70.3 Å². The number of rotatable bonds is 7. The Morgan fingerprint density at radius 1 is 1.07 bits per heavy atom. The highest BCUT2D eigenvalue weighted by atomic mass is 32.2. The van der Waals surface area contributed by atoms with Crippen LogP contribution in [0.2, 0.25) is 0 Å². The summed E-state index contributed by atoms with van der Waals surface area (Å²) in [5, 5.41) is 20.5. The molecule has 1 aliphatic heterocycles. The minimum atomic E-state index is -0.683. The number of hydrogen-bond donors (Lipinski definition) is 1. The molecule has 1 atom stereocenters. The van der Waals surface area contributed by atoms with Crippen LogP contribution in [0.25, 0.3) is 0 Å². The number of thioether (sulfide) groups is 1. The van der Waals surface area contributed by atoms with Gasteiger partial charge >= 0.3 is 0 Å². The quantitative estimate of drug-likeness (QED) is 0.421. The lowest BCUT2D eigenvalue weighted by Gasteiger charge is -2.42. The Labute approximate surface area is 243 Å². The van der Waals surface area contributed by atoms with Gasteiger partial charge < -0.3 is 19.9 Å². The molecule has 0 amide bonds. The van der Waals surface area contributed by atoms with Crippen molar-refractivity contribution < 1.29 is 19.0 Å². The van der Waals surface area contributed by atoms with Crippen molar-refractivity contribution in [1.29, 1.82) is 5.26 Å². The molecule has 2 N–H and O–H groups in total. The van der Waals surface area contributed by atoms with Gasteiger partial charge in [0.25, 0.3) is 0 Å². The Morgan fingerprint density at radius 3 is 2.35 bits per heavy atom. The SMILES string of the molecule is COc1cc(C2C(C#N)=C(N)N(c3nnc(SC4CCCCC4)s3)C3=C2C(=O)CC(C)(C)C3)cc(OC)c1OC. The number of methoxy groups -OCH3 is 3. The van der Waals surface area contributed by atoms with Gasteiger partial charge in [0.05, 0.1) is 38.9 Å². The maximum absolute atomic E-state index is 13.9. The molecule has 3 aliphatic rings. The van der Waals surface area contributed by atoms with Crippen LogP contribution in [0.3, 0.4) is 0 Å². The van der Waals surface area contributed by atoms with E-state index in [0.29, 0.717) is 51.6 Å². The van der Waals surface area contributed by atoms with Crippen LogP contribution in [0.4, 0.5) is 5.13 Å². The number of carbonyl (C=O) groups excluding carboxylic acids is 1. The first kappa shape index (κ1) is 28.3. The maximum atomic E-state index is 13.9. The fourth-order valence-corrected chi connectivity index (χ4v) is 8.38. The Bertz CT molecular complexity index is 1390. The number of nitrogens with two attached hydrogens (primary N) is 1. The molecule has 0 spiro atoms. The first-order valence-corrected chi connectivity index (χ1v) is 15.2. The van der Waals surface area contributed by atoms with E-state index in [1.165, 1.54) is 64.8 Å². The summed E-state index contributed by atoms with van der Waals surface area (Å²) >= 11 is 3.23. The molecular weight excluding hydrogens is 546 g/mol. The zero-order chi connectivity index (χ0) is 28.6. The minimum Gasteiger partial charge on any atom is -0.493 e. The summed E-state index contributed by atoms with van der Waals surface area (Å²) in [6.45, 7) is 4.15. The van der Waals surface area contributed by atoms with Crippen LogP contribution < -0.4 is 24.8 Å². The highest BCUT2D eigenvalue weighted by Crippen LogP contribution is 2.52. The Balaban J connectivity index is 1.65. The molecule has 1 aromatic heterocycles. The largest absolute Gasteiger partial charge is 0.493 e. The van der Waals surface area contributed by atoms with Gasteiger partial charge in [-0.05, 0) is 42.4 Å². The van der Waals surface area contributed by atoms with Crippen LogP contribution in [0.5, 0.6) is 17.2 Å². The number of benzene rings is 1. The molecule has 40 heavy (non-hydrogen) atoms. The number of nitrogens with zero attached hydrogens (tertiary/aromatic N) is 4. The molecule has 1 saturated carbocycles. The van der Waals surface area contributed by atoms with E-state index < -0.39 is 5.92 Å². The predicted octanol–water partition coefficient (Wildman–Crippen LogP) is 5.93.